The first-order valence-electron chi connectivity index (χ1n) is 10.6. The molecule has 2 heterocycles. The zero-order chi connectivity index (χ0) is 20.6. The van der Waals surface area contributed by atoms with Gasteiger partial charge in [-0.25, -0.2) is 14.4 Å². The van der Waals surface area contributed by atoms with Crippen LogP contribution in [0, 0.1) is 11.7 Å². The highest BCUT2D eigenvalue weighted by Gasteiger charge is 2.26. The Bertz CT molecular complexity index is 710. The fourth-order valence-electron chi connectivity index (χ4n) is 3.95. The number of halogens is 2. The van der Waals surface area contributed by atoms with Crippen LogP contribution in [0.3, 0.4) is 0 Å². The van der Waals surface area contributed by atoms with Crippen LogP contribution in [0.5, 0.6) is 0 Å². The van der Waals surface area contributed by atoms with Crippen molar-refractivity contribution in [3.05, 3.63) is 24.1 Å². The van der Waals surface area contributed by atoms with E-state index >= 15 is 0 Å². The minimum absolute atomic E-state index is 0. The van der Waals surface area contributed by atoms with Crippen molar-refractivity contribution in [2.75, 3.05) is 45.2 Å². The molecule has 0 bridgehead atoms. The Morgan fingerprint density at radius 1 is 1.30 bits per heavy atom. The highest BCUT2D eigenvalue weighted by molar-refractivity contribution is 14.0. The Morgan fingerprint density at radius 3 is 2.77 bits per heavy atom. The Kier molecular flexibility index (Phi) is 10.1. The van der Waals surface area contributed by atoms with Crippen molar-refractivity contribution in [1.29, 1.82) is 0 Å². The zero-order valence-corrected chi connectivity index (χ0v) is 20.3. The summed E-state index contributed by atoms with van der Waals surface area (Å²) in [6.45, 7) is 2.36. The smallest absolute Gasteiger partial charge is 0.243 e. The first-order chi connectivity index (χ1) is 14.0. The number of likely N-dealkylation sites (N-methyl/N-ethyl adjacent to an activating group) is 1. The van der Waals surface area contributed by atoms with Crippen molar-refractivity contribution < 1.29 is 9.18 Å². The number of pyridine rings is 1. The fourth-order valence-corrected chi connectivity index (χ4v) is 3.95. The number of carbonyl (C=O) groups is 1. The van der Waals surface area contributed by atoms with Gasteiger partial charge in [0.25, 0.3) is 0 Å². The van der Waals surface area contributed by atoms with Gasteiger partial charge in [0.2, 0.25) is 5.91 Å². The Morgan fingerprint density at radius 2 is 2.07 bits per heavy atom. The maximum absolute atomic E-state index is 14.0. The molecule has 1 aliphatic carbocycles. The van der Waals surface area contributed by atoms with E-state index in [1.165, 1.54) is 38.2 Å². The summed E-state index contributed by atoms with van der Waals surface area (Å²) in [6.07, 6.45) is 8.87. The number of hydrogen-bond acceptors (Lipinski definition) is 4. The summed E-state index contributed by atoms with van der Waals surface area (Å²) in [7, 11) is 3.47. The third-order valence-corrected chi connectivity index (χ3v) is 5.72. The van der Waals surface area contributed by atoms with Crippen LogP contribution in [-0.4, -0.2) is 68.1 Å². The van der Waals surface area contributed by atoms with Crippen molar-refractivity contribution in [2.45, 2.75) is 44.6 Å². The third kappa shape index (κ3) is 7.24. The van der Waals surface area contributed by atoms with E-state index in [2.05, 4.69) is 20.6 Å². The van der Waals surface area contributed by atoms with Gasteiger partial charge in [0.15, 0.2) is 17.6 Å². The molecule has 1 saturated carbocycles. The van der Waals surface area contributed by atoms with Crippen molar-refractivity contribution in [3.8, 4) is 0 Å². The predicted molar refractivity (Wildman–Crippen MR) is 129 cm³/mol. The molecule has 2 fully saturated rings. The van der Waals surface area contributed by atoms with E-state index in [9.17, 15) is 9.18 Å². The largest absolute Gasteiger partial charge is 0.356 e. The second kappa shape index (κ2) is 12.3. The molecule has 2 aliphatic rings. The standard InChI is InChI=1S/C21H33FN6O.HI/c1-27(2)19(29)14-25-21(24-13-16-7-4-3-5-8-16)26-17-10-12-28(15-17)20-18(22)9-6-11-23-20;/h6,9,11,16-17H,3-5,7-8,10,12-15H2,1-2H3,(H2,24,25,26);1H. The molecule has 3 rings (SSSR count). The van der Waals surface area contributed by atoms with Gasteiger partial charge in [-0.1, -0.05) is 19.3 Å². The molecule has 9 heteroatoms. The van der Waals surface area contributed by atoms with E-state index in [0.717, 1.165) is 19.5 Å². The number of anilines is 1. The van der Waals surface area contributed by atoms with Crippen LogP contribution in [0.4, 0.5) is 10.2 Å². The monoisotopic (exact) mass is 532 g/mol. The van der Waals surface area contributed by atoms with Gasteiger partial charge in [0, 0.05) is 46.0 Å². The van der Waals surface area contributed by atoms with Gasteiger partial charge < -0.3 is 20.4 Å². The lowest BCUT2D eigenvalue weighted by molar-refractivity contribution is -0.127. The number of nitrogens with one attached hydrogen (secondary N) is 2. The van der Waals surface area contributed by atoms with Crippen molar-refractivity contribution >= 4 is 41.7 Å². The van der Waals surface area contributed by atoms with Crippen LogP contribution < -0.4 is 15.5 Å². The quantitative estimate of drug-likeness (QED) is 0.335. The van der Waals surface area contributed by atoms with E-state index in [1.807, 2.05) is 4.90 Å². The van der Waals surface area contributed by atoms with Crippen molar-refractivity contribution in [1.82, 2.24) is 20.5 Å². The molecule has 2 N–H and O–H groups in total. The summed E-state index contributed by atoms with van der Waals surface area (Å²) in [5, 5.41) is 6.88. The van der Waals surface area contributed by atoms with E-state index in [0.29, 0.717) is 24.2 Å². The van der Waals surface area contributed by atoms with E-state index in [4.69, 9.17) is 0 Å². The summed E-state index contributed by atoms with van der Waals surface area (Å²) in [5.41, 5.74) is 0. The summed E-state index contributed by atoms with van der Waals surface area (Å²) in [5.74, 6) is 1.39. The molecule has 0 spiro atoms. The minimum atomic E-state index is -0.297. The van der Waals surface area contributed by atoms with Crippen LogP contribution in [0.1, 0.15) is 38.5 Å². The topological polar surface area (TPSA) is 72.9 Å². The number of aliphatic imine (C=N–C) groups is 1. The number of carbonyl (C=O) groups excluding carboxylic acids is 1. The van der Waals surface area contributed by atoms with Crippen LogP contribution in [-0.2, 0) is 4.79 Å². The highest BCUT2D eigenvalue weighted by atomic mass is 127. The number of hydrogen-bond donors (Lipinski definition) is 2. The lowest BCUT2D eigenvalue weighted by Gasteiger charge is -2.24. The average molecular weight is 532 g/mol. The van der Waals surface area contributed by atoms with E-state index < -0.39 is 0 Å². The molecule has 1 amide bonds. The van der Waals surface area contributed by atoms with Gasteiger partial charge in [-0.15, -0.1) is 24.0 Å². The Labute approximate surface area is 195 Å². The highest BCUT2D eigenvalue weighted by Crippen LogP contribution is 2.23. The van der Waals surface area contributed by atoms with Gasteiger partial charge in [-0.2, -0.15) is 0 Å². The fraction of sp³-hybridized carbons (Fsp3) is 0.667. The Balaban J connectivity index is 0.00000320. The second-order valence-electron chi connectivity index (χ2n) is 8.22. The molecular formula is C21H34FIN6O. The molecule has 1 atom stereocenters. The molecule has 0 aromatic carbocycles. The molecule has 1 saturated heterocycles. The summed E-state index contributed by atoms with van der Waals surface area (Å²) >= 11 is 0. The van der Waals surface area contributed by atoms with Crippen LogP contribution in [0.15, 0.2) is 23.3 Å². The van der Waals surface area contributed by atoms with Gasteiger partial charge in [-0.3, -0.25) is 4.79 Å². The van der Waals surface area contributed by atoms with Crippen LogP contribution in [0.25, 0.3) is 0 Å². The summed E-state index contributed by atoms with van der Waals surface area (Å²) in [6, 6.07) is 3.17. The lowest BCUT2D eigenvalue weighted by Crippen LogP contribution is -2.46. The molecule has 1 aromatic heterocycles. The maximum atomic E-state index is 14.0. The van der Waals surface area contributed by atoms with E-state index in [-0.39, 0.29) is 48.3 Å². The van der Waals surface area contributed by atoms with Crippen LogP contribution >= 0.6 is 24.0 Å². The minimum Gasteiger partial charge on any atom is -0.356 e. The molecule has 1 unspecified atom stereocenters. The lowest BCUT2D eigenvalue weighted by atomic mass is 9.89. The number of aromatic nitrogens is 1. The average Bonchev–Trinajstić information content (AvgIpc) is 3.19. The third-order valence-electron chi connectivity index (χ3n) is 5.72. The number of rotatable bonds is 6. The summed E-state index contributed by atoms with van der Waals surface area (Å²) in [4.78, 5) is 24.2. The van der Waals surface area contributed by atoms with Gasteiger partial charge in [0.1, 0.15) is 6.54 Å². The normalized spacial score (nSPS) is 19.9. The van der Waals surface area contributed by atoms with Gasteiger partial charge in [0.05, 0.1) is 0 Å². The zero-order valence-electron chi connectivity index (χ0n) is 17.9. The van der Waals surface area contributed by atoms with Crippen LogP contribution in [0.2, 0.25) is 0 Å². The van der Waals surface area contributed by atoms with Gasteiger partial charge >= 0.3 is 0 Å². The maximum Gasteiger partial charge on any atom is 0.243 e. The molecule has 30 heavy (non-hydrogen) atoms. The molecule has 1 aromatic rings. The first-order valence-corrected chi connectivity index (χ1v) is 10.6. The Hall–Kier alpha value is -1.65. The summed E-state index contributed by atoms with van der Waals surface area (Å²) < 4.78 is 14.0. The first kappa shape index (κ1) is 24.6. The molecule has 7 nitrogen and oxygen atoms in total. The van der Waals surface area contributed by atoms with Gasteiger partial charge in [-0.05, 0) is 37.3 Å². The van der Waals surface area contributed by atoms with Crippen molar-refractivity contribution in [2.24, 2.45) is 10.9 Å². The molecule has 0 radical (unpaired) electrons. The van der Waals surface area contributed by atoms with E-state index in [1.54, 1.807) is 31.3 Å². The number of nitrogens with zero attached hydrogens (tertiary/aromatic N) is 4. The molecule has 1 aliphatic heterocycles. The number of guanidine groups is 1. The molecule has 168 valence electrons. The predicted octanol–water partition coefficient (Wildman–Crippen LogP) is 2.62. The number of amides is 1. The van der Waals surface area contributed by atoms with Crippen molar-refractivity contribution in [3.63, 3.8) is 0 Å². The second-order valence-corrected chi connectivity index (χ2v) is 8.22. The SMILES string of the molecule is CN(C)C(=O)CN=C(NCC1CCCCC1)NC1CCN(c2ncccc2F)C1.I. The molecular weight excluding hydrogens is 498 g/mol.